The standard InChI is InChI=1S/C20H18N6O8/c1-12-15(3-2-4-16(12)26(31)32)18-23-20(34-24-18)19(28)22-10-9-21-17(27)11-33-14-7-5-13(6-8-14)25(29)30/h2-8H,9-11H2,1H3,(H,21,27)(H,22,28). The molecule has 34 heavy (non-hydrogen) atoms. The summed E-state index contributed by atoms with van der Waals surface area (Å²) in [7, 11) is 0. The predicted molar refractivity (Wildman–Crippen MR) is 115 cm³/mol. The van der Waals surface area contributed by atoms with E-state index in [-0.39, 0.29) is 42.8 Å². The van der Waals surface area contributed by atoms with E-state index in [1.807, 2.05) is 0 Å². The SMILES string of the molecule is Cc1c(-c2noc(C(=O)NCCNC(=O)COc3ccc([N+](=O)[O-])cc3)n2)cccc1[N+](=O)[O-]. The summed E-state index contributed by atoms with van der Waals surface area (Å²) >= 11 is 0. The average Bonchev–Trinajstić information content (AvgIpc) is 3.30. The topological polar surface area (TPSA) is 193 Å². The minimum atomic E-state index is -0.682. The third kappa shape index (κ3) is 5.87. The number of amides is 2. The van der Waals surface area contributed by atoms with Gasteiger partial charge in [0.2, 0.25) is 5.82 Å². The zero-order chi connectivity index (χ0) is 24.7. The first-order valence-electron chi connectivity index (χ1n) is 9.76. The maximum absolute atomic E-state index is 12.2. The van der Waals surface area contributed by atoms with Crippen LogP contribution >= 0.6 is 0 Å². The Morgan fingerprint density at radius 3 is 2.41 bits per heavy atom. The highest BCUT2D eigenvalue weighted by molar-refractivity contribution is 5.90. The second kappa shape index (κ2) is 10.6. The molecule has 0 radical (unpaired) electrons. The Kier molecular flexibility index (Phi) is 7.43. The van der Waals surface area contributed by atoms with Crippen molar-refractivity contribution in [2.24, 2.45) is 0 Å². The van der Waals surface area contributed by atoms with Crippen LogP contribution in [-0.2, 0) is 4.79 Å². The normalized spacial score (nSPS) is 10.4. The molecule has 3 rings (SSSR count). The maximum Gasteiger partial charge on any atom is 0.316 e. The Hall–Kier alpha value is -4.88. The molecule has 0 unspecified atom stereocenters. The molecule has 0 bridgehead atoms. The highest BCUT2D eigenvalue weighted by Gasteiger charge is 2.20. The minimum absolute atomic E-state index is 0.0306. The first-order valence-corrected chi connectivity index (χ1v) is 9.76. The molecule has 0 aliphatic heterocycles. The first-order chi connectivity index (χ1) is 16.3. The van der Waals surface area contributed by atoms with E-state index < -0.39 is 21.7 Å². The van der Waals surface area contributed by atoms with E-state index in [1.165, 1.54) is 43.3 Å². The molecule has 0 spiro atoms. The highest BCUT2D eigenvalue weighted by atomic mass is 16.6. The molecular formula is C20H18N6O8. The summed E-state index contributed by atoms with van der Waals surface area (Å²) in [6, 6.07) is 9.66. The van der Waals surface area contributed by atoms with Gasteiger partial charge in [-0.3, -0.25) is 29.8 Å². The van der Waals surface area contributed by atoms with Crippen LogP contribution in [0.3, 0.4) is 0 Å². The first kappa shape index (κ1) is 23.8. The van der Waals surface area contributed by atoms with E-state index in [9.17, 15) is 29.8 Å². The third-order valence-electron chi connectivity index (χ3n) is 4.51. The molecular weight excluding hydrogens is 452 g/mol. The van der Waals surface area contributed by atoms with E-state index in [2.05, 4.69) is 20.8 Å². The smallest absolute Gasteiger partial charge is 0.316 e. The van der Waals surface area contributed by atoms with Crippen molar-refractivity contribution in [2.45, 2.75) is 6.92 Å². The minimum Gasteiger partial charge on any atom is -0.484 e. The highest BCUT2D eigenvalue weighted by Crippen LogP contribution is 2.27. The van der Waals surface area contributed by atoms with Gasteiger partial charge in [-0.1, -0.05) is 17.3 Å². The Morgan fingerprint density at radius 2 is 1.74 bits per heavy atom. The number of carbonyl (C=O) groups is 2. The quantitative estimate of drug-likeness (QED) is 0.251. The molecule has 0 fully saturated rings. The Balaban J connectivity index is 1.44. The van der Waals surface area contributed by atoms with E-state index in [0.717, 1.165) is 0 Å². The van der Waals surface area contributed by atoms with Crippen molar-refractivity contribution in [3.8, 4) is 17.1 Å². The molecule has 1 heterocycles. The van der Waals surface area contributed by atoms with Crippen LogP contribution in [-0.4, -0.2) is 51.5 Å². The summed E-state index contributed by atoms with van der Waals surface area (Å²) in [6.45, 7) is 1.35. The number of carbonyl (C=O) groups excluding carboxylic acids is 2. The Morgan fingerprint density at radius 1 is 1.03 bits per heavy atom. The monoisotopic (exact) mass is 470 g/mol. The van der Waals surface area contributed by atoms with Gasteiger partial charge in [-0.15, -0.1) is 0 Å². The fraction of sp³-hybridized carbons (Fsp3) is 0.200. The average molecular weight is 470 g/mol. The number of nitro benzene ring substituents is 2. The molecule has 2 amide bonds. The summed E-state index contributed by atoms with van der Waals surface area (Å²) in [5.74, 6) is -1.16. The number of nitrogens with one attached hydrogen (secondary N) is 2. The van der Waals surface area contributed by atoms with Gasteiger partial charge in [0.1, 0.15) is 5.75 Å². The zero-order valence-electron chi connectivity index (χ0n) is 17.7. The van der Waals surface area contributed by atoms with E-state index >= 15 is 0 Å². The van der Waals surface area contributed by atoms with Gasteiger partial charge in [0.05, 0.1) is 9.85 Å². The number of hydrogen-bond acceptors (Lipinski definition) is 10. The molecule has 0 saturated carbocycles. The molecule has 2 aromatic carbocycles. The molecule has 14 nitrogen and oxygen atoms in total. The van der Waals surface area contributed by atoms with Crippen LogP contribution in [0.15, 0.2) is 47.0 Å². The number of nitrogens with zero attached hydrogens (tertiary/aromatic N) is 4. The van der Waals surface area contributed by atoms with Crippen molar-refractivity contribution in [1.29, 1.82) is 0 Å². The number of nitro groups is 2. The van der Waals surface area contributed by atoms with Crippen LogP contribution in [0.2, 0.25) is 0 Å². The van der Waals surface area contributed by atoms with E-state index in [4.69, 9.17) is 9.26 Å². The number of non-ortho nitro benzene ring substituents is 1. The lowest BCUT2D eigenvalue weighted by atomic mass is 10.1. The lowest BCUT2D eigenvalue weighted by Crippen LogP contribution is -2.36. The van der Waals surface area contributed by atoms with Crippen molar-refractivity contribution in [3.63, 3.8) is 0 Å². The van der Waals surface area contributed by atoms with Gasteiger partial charge in [-0.2, -0.15) is 4.98 Å². The molecule has 0 atom stereocenters. The maximum atomic E-state index is 12.2. The summed E-state index contributed by atoms with van der Waals surface area (Å²) in [4.78, 5) is 48.6. The number of rotatable bonds is 10. The fourth-order valence-electron chi connectivity index (χ4n) is 2.81. The predicted octanol–water partition coefficient (Wildman–Crippen LogP) is 1.79. The lowest BCUT2D eigenvalue weighted by Gasteiger charge is -2.07. The molecule has 3 aromatic rings. The van der Waals surface area contributed by atoms with Crippen LogP contribution in [0.25, 0.3) is 11.4 Å². The zero-order valence-corrected chi connectivity index (χ0v) is 17.7. The molecule has 176 valence electrons. The van der Waals surface area contributed by atoms with Crippen molar-refractivity contribution in [3.05, 3.63) is 74.1 Å². The lowest BCUT2D eigenvalue weighted by molar-refractivity contribution is -0.385. The van der Waals surface area contributed by atoms with E-state index in [1.54, 1.807) is 6.07 Å². The number of ether oxygens (including phenoxy) is 1. The molecule has 1 aromatic heterocycles. The second-order valence-electron chi connectivity index (χ2n) is 6.78. The van der Waals surface area contributed by atoms with Gasteiger partial charge < -0.3 is 19.9 Å². The summed E-state index contributed by atoms with van der Waals surface area (Å²) < 4.78 is 10.2. The summed E-state index contributed by atoms with van der Waals surface area (Å²) in [6.07, 6.45) is 0. The Bertz CT molecular complexity index is 1220. The second-order valence-corrected chi connectivity index (χ2v) is 6.78. The van der Waals surface area contributed by atoms with Crippen LogP contribution < -0.4 is 15.4 Å². The van der Waals surface area contributed by atoms with E-state index in [0.29, 0.717) is 16.9 Å². The summed E-state index contributed by atoms with van der Waals surface area (Å²) in [5.41, 5.74) is 0.485. The number of hydrogen-bond donors (Lipinski definition) is 2. The van der Waals surface area contributed by atoms with Gasteiger partial charge in [0.15, 0.2) is 6.61 Å². The molecule has 0 aliphatic rings. The van der Waals surface area contributed by atoms with Crippen molar-refractivity contribution < 1.29 is 28.7 Å². The molecule has 14 heteroatoms. The van der Waals surface area contributed by atoms with Crippen LogP contribution in [0, 0.1) is 27.2 Å². The Labute approximate surface area is 191 Å². The summed E-state index contributed by atoms with van der Waals surface area (Å²) in [5, 5.41) is 30.4. The number of aromatic nitrogens is 2. The van der Waals surface area contributed by atoms with Crippen molar-refractivity contribution >= 4 is 23.2 Å². The fourth-order valence-corrected chi connectivity index (χ4v) is 2.81. The van der Waals surface area contributed by atoms with Crippen LogP contribution in [0.4, 0.5) is 11.4 Å². The van der Waals surface area contributed by atoms with Gasteiger partial charge >= 0.3 is 11.8 Å². The van der Waals surface area contributed by atoms with Crippen molar-refractivity contribution in [1.82, 2.24) is 20.8 Å². The van der Waals surface area contributed by atoms with Gasteiger partial charge in [0.25, 0.3) is 17.3 Å². The van der Waals surface area contributed by atoms with Crippen LogP contribution in [0.1, 0.15) is 16.2 Å². The van der Waals surface area contributed by atoms with Crippen LogP contribution in [0.5, 0.6) is 5.75 Å². The molecule has 0 saturated heterocycles. The van der Waals surface area contributed by atoms with Gasteiger partial charge in [-0.25, -0.2) is 0 Å². The van der Waals surface area contributed by atoms with Gasteiger partial charge in [-0.05, 0) is 19.1 Å². The number of benzene rings is 2. The largest absolute Gasteiger partial charge is 0.484 e. The molecule has 0 aliphatic carbocycles. The third-order valence-corrected chi connectivity index (χ3v) is 4.51. The van der Waals surface area contributed by atoms with Gasteiger partial charge in [0, 0.05) is 42.4 Å². The molecule has 2 N–H and O–H groups in total. The van der Waals surface area contributed by atoms with Crippen molar-refractivity contribution in [2.75, 3.05) is 19.7 Å².